The van der Waals surface area contributed by atoms with E-state index < -0.39 is 47.7 Å². The molecule has 11 nitrogen and oxygen atoms in total. The van der Waals surface area contributed by atoms with Crippen molar-refractivity contribution in [3.63, 3.8) is 0 Å². The summed E-state index contributed by atoms with van der Waals surface area (Å²) in [5.74, 6) is -3.05. The van der Waals surface area contributed by atoms with Crippen molar-refractivity contribution >= 4 is 35.8 Å². The number of fused-ring (bicyclic) bond motifs is 1. The Morgan fingerprint density at radius 1 is 0.900 bits per heavy atom. The van der Waals surface area contributed by atoms with E-state index in [-0.39, 0.29) is 35.6 Å². The van der Waals surface area contributed by atoms with E-state index in [1.54, 1.807) is 18.7 Å². The SMILES string of the molecule is CCCC(NC(=O)[C@@H]1[C@H]2CCC[C@H]2CN1C(=O)[C@@H](NC(=O)[C@H](NC=O)C(C)C)C(C)C)C(=O)C(=O)N[C@H](C)CC. The molecular formula is C29H49N5O6. The second-order valence-electron chi connectivity index (χ2n) is 12.0. The molecule has 226 valence electrons. The second kappa shape index (κ2) is 15.1. The summed E-state index contributed by atoms with van der Waals surface area (Å²) in [4.78, 5) is 78.9. The van der Waals surface area contributed by atoms with Crippen molar-refractivity contribution in [1.82, 2.24) is 26.2 Å². The van der Waals surface area contributed by atoms with Crippen LogP contribution in [0.1, 0.15) is 87.0 Å². The maximum absolute atomic E-state index is 13.9. The minimum atomic E-state index is -0.985. The van der Waals surface area contributed by atoms with Gasteiger partial charge in [0.05, 0.1) is 6.04 Å². The molecule has 7 atom stereocenters. The van der Waals surface area contributed by atoms with E-state index in [0.717, 1.165) is 19.3 Å². The topological polar surface area (TPSA) is 154 Å². The van der Waals surface area contributed by atoms with Gasteiger partial charge in [-0.2, -0.15) is 0 Å². The van der Waals surface area contributed by atoms with E-state index in [4.69, 9.17) is 0 Å². The van der Waals surface area contributed by atoms with Crippen LogP contribution in [-0.4, -0.2) is 77.5 Å². The first-order chi connectivity index (χ1) is 18.9. The van der Waals surface area contributed by atoms with Gasteiger partial charge >= 0.3 is 0 Å². The van der Waals surface area contributed by atoms with Crippen molar-refractivity contribution in [2.24, 2.45) is 23.7 Å². The van der Waals surface area contributed by atoms with E-state index in [0.29, 0.717) is 32.2 Å². The van der Waals surface area contributed by atoms with Gasteiger partial charge in [-0.25, -0.2) is 0 Å². The van der Waals surface area contributed by atoms with Gasteiger partial charge in [0.15, 0.2) is 0 Å². The molecule has 5 amide bonds. The Morgan fingerprint density at radius 3 is 2.10 bits per heavy atom. The van der Waals surface area contributed by atoms with Crippen LogP contribution in [-0.2, 0) is 28.8 Å². The highest BCUT2D eigenvalue weighted by Gasteiger charge is 2.51. The fraction of sp³-hybridized carbons (Fsp3) is 0.793. The molecule has 1 unspecified atom stereocenters. The van der Waals surface area contributed by atoms with Gasteiger partial charge in [-0.3, -0.25) is 28.8 Å². The summed E-state index contributed by atoms with van der Waals surface area (Å²) in [5, 5.41) is 10.8. The molecule has 1 saturated carbocycles. The molecule has 1 aliphatic heterocycles. The van der Waals surface area contributed by atoms with Crippen molar-refractivity contribution in [2.45, 2.75) is 117 Å². The molecule has 1 heterocycles. The Bertz CT molecular complexity index is 938. The predicted octanol–water partition coefficient (Wildman–Crippen LogP) is 1.29. The van der Waals surface area contributed by atoms with Crippen LogP contribution < -0.4 is 21.3 Å². The first-order valence-electron chi connectivity index (χ1n) is 14.8. The number of hydrogen-bond donors (Lipinski definition) is 4. The van der Waals surface area contributed by atoms with Crippen molar-refractivity contribution in [3.8, 4) is 0 Å². The van der Waals surface area contributed by atoms with Gasteiger partial charge in [-0.15, -0.1) is 0 Å². The molecule has 0 bridgehead atoms. The van der Waals surface area contributed by atoms with Gasteiger partial charge in [0.2, 0.25) is 29.9 Å². The predicted molar refractivity (Wildman–Crippen MR) is 151 cm³/mol. The Kier molecular flexibility index (Phi) is 12.6. The lowest BCUT2D eigenvalue weighted by Gasteiger charge is -2.33. The highest BCUT2D eigenvalue weighted by atomic mass is 16.2. The summed E-state index contributed by atoms with van der Waals surface area (Å²) in [6.07, 6.45) is 4.65. The fourth-order valence-corrected chi connectivity index (χ4v) is 5.82. The summed E-state index contributed by atoms with van der Waals surface area (Å²) in [6, 6.07) is -3.65. The second-order valence-corrected chi connectivity index (χ2v) is 12.0. The number of nitrogens with zero attached hydrogens (tertiary/aromatic N) is 1. The van der Waals surface area contributed by atoms with Gasteiger partial charge in [0.25, 0.3) is 5.91 Å². The van der Waals surface area contributed by atoms with Crippen LogP contribution in [0.3, 0.4) is 0 Å². The Labute approximate surface area is 238 Å². The minimum absolute atomic E-state index is 0.0566. The lowest BCUT2D eigenvalue weighted by Crippen LogP contribution is -2.60. The molecular weight excluding hydrogens is 514 g/mol. The van der Waals surface area contributed by atoms with E-state index in [2.05, 4.69) is 21.3 Å². The number of carbonyl (C=O) groups is 6. The van der Waals surface area contributed by atoms with Gasteiger partial charge in [-0.1, -0.05) is 54.4 Å². The maximum atomic E-state index is 13.9. The molecule has 2 aliphatic rings. The molecule has 11 heteroatoms. The smallest absolute Gasteiger partial charge is 0.289 e. The van der Waals surface area contributed by atoms with Crippen LogP contribution in [0.25, 0.3) is 0 Å². The lowest BCUT2D eigenvalue weighted by atomic mass is 9.92. The zero-order valence-electron chi connectivity index (χ0n) is 25.1. The highest BCUT2D eigenvalue weighted by molar-refractivity contribution is 6.38. The first-order valence-corrected chi connectivity index (χ1v) is 14.8. The van der Waals surface area contributed by atoms with Gasteiger partial charge < -0.3 is 26.2 Å². The molecule has 2 fully saturated rings. The average Bonchev–Trinajstić information content (AvgIpc) is 3.50. The summed E-state index contributed by atoms with van der Waals surface area (Å²) in [7, 11) is 0. The van der Waals surface area contributed by atoms with Crippen molar-refractivity contribution in [2.75, 3.05) is 6.54 Å². The Morgan fingerprint density at radius 2 is 1.55 bits per heavy atom. The summed E-state index contributed by atoms with van der Waals surface area (Å²) in [5.41, 5.74) is 0. The van der Waals surface area contributed by atoms with Crippen LogP contribution in [0, 0.1) is 23.7 Å². The Hall–Kier alpha value is -2.98. The van der Waals surface area contributed by atoms with E-state index >= 15 is 0 Å². The number of amides is 5. The third-order valence-electron chi connectivity index (χ3n) is 8.29. The quantitative estimate of drug-likeness (QED) is 0.174. The summed E-state index contributed by atoms with van der Waals surface area (Å²) < 4.78 is 0. The summed E-state index contributed by atoms with van der Waals surface area (Å²) in [6.45, 7) is 13.2. The molecule has 0 spiro atoms. The average molecular weight is 564 g/mol. The summed E-state index contributed by atoms with van der Waals surface area (Å²) >= 11 is 0. The third-order valence-corrected chi connectivity index (χ3v) is 8.29. The van der Waals surface area contributed by atoms with Crippen LogP contribution in [0.4, 0.5) is 0 Å². The largest absolute Gasteiger partial charge is 0.347 e. The normalized spacial score (nSPS) is 23.1. The third kappa shape index (κ3) is 8.04. The molecule has 0 aromatic carbocycles. The van der Waals surface area contributed by atoms with Gasteiger partial charge in [0, 0.05) is 12.6 Å². The standard InChI is InChI=1S/C29H49N5O6/c1-8-11-21(25(36)28(39)31-18(7)9-2)32-27(38)24-20-13-10-12-19(20)14-34(24)29(40)23(17(5)6)33-26(37)22(16(3)4)30-15-35/h15-24H,8-14H2,1-7H3,(H,30,35)(H,31,39)(H,32,38)(H,33,37)/t18-,19+,20+,21?,22-,23+,24+/m1/s1. The number of nitrogens with one attached hydrogen (secondary N) is 4. The molecule has 0 aromatic heterocycles. The van der Waals surface area contributed by atoms with Crippen LogP contribution >= 0.6 is 0 Å². The van der Waals surface area contributed by atoms with Crippen molar-refractivity contribution in [1.29, 1.82) is 0 Å². The van der Waals surface area contributed by atoms with Crippen molar-refractivity contribution in [3.05, 3.63) is 0 Å². The minimum Gasteiger partial charge on any atom is -0.347 e. The van der Waals surface area contributed by atoms with Crippen LogP contribution in [0.2, 0.25) is 0 Å². The van der Waals surface area contributed by atoms with Crippen molar-refractivity contribution < 1.29 is 28.8 Å². The molecule has 0 aromatic rings. The number of ketones is 1. The molecule has 0 radical (unpaired) electrons. The maximum Gasteiger partial charge on any atom is 0.289 e. The number of rotatable bonds is 15. The number of Topliss-reactive ketones (excluding diaryl/α,β-unsaturated/α-hetero) is 1. The van der Waals surface area contributed by atoms with Crippen LogP contribution in [0.5, 0.6) is 0 Å². The first kappa shape index (κ1) is 33.2. The molecule has 40 heavy (non-hydrogen) atoms. The number of likely N-dealkylation sites (tertiary alicyclic amines) is 1. The Balaban J connectivity index is 2.28. The van der Waals surface area contributed by atoms with Gasteiger partial charge in [-0.05, 0) is 56.3 Å². The van der Waals surface area contributed by atoms with Crippen LogP contribution in [0.15, 0.2) is 0 Å². The lowest BCUT2D eigenvalue weighted by molar-refractivity contribution is -0.145. The van der Waals surface area contributed by atoms with E-state index in [9.17, 15) is 28.8 Å². The monoisotopic (exact) mass is 563 g/mol. The molecule has 1 saturated heterocycles. The number of carbonyl (C=O) groups excluding carboxylic acids is 6. The highest BCUT2D eigenvalue weighted by Crippen LogP contribution is 2.42. The molecule has 2 rings (SSSR count). The molecule has 1 aliphatic carbocycles. The zero-order valence-corrected chi connectivity index (χ0v) is 25.1. The van der Waals surface area contributed by atoms with E-state index in [1.807, 2.05) is 34.6 Å². The van der Waals surface area contributed by atoms with E-state index in [1.165, 1.54) is 0 Å². The fourth-order valence-electron chi connectivity index (χ4n) is 5.82. The zero-order chi connectivity index (χ0) is 30.1. The number of hydrogen-bond acceptors (Lipinski definition) is 6. The molecule has 4 N–H and O–H groups in total. The van der Waals surface area contributed by atoms with Gasteiger partial charge in [0.1, 0.15) is 18.1 Å².